The lowest BCUT2D eigenvalue weighted by Gasteiger charge is -2.12. The van der Waals surface area contributed by atoms with Crippen molar-refractivity contribution < 1.29 is 23.0 Å². The fourth-order valence-electron chi connectivity index (χ4n) is 1.56. The topological polar surface area (TPSA) is 55.2 Å². The van der Waals surface area contributed by atoms with E-state index in [-0.39, 0.29) is 18.4 Å². The summed E-state index contributed by atoms with van der Waals surface area (Å²) >= 11 is 0. The molecule has 2 aromatic rings. The Morgan fingerprint density at radius 3 is 2.55 bits per heavy atom. The first kappa shape index (κ1) is 14.3. The van der Waals surface area contributed by atoms with Crippen LogP contribution in [0.2, 0.25) is 0 Å². The maximum Gasteiger partial charge on any atom is 0.419 e. The number of hydrogen-bond acceptors (Lipinski definition) is 4. The molecule has 1 aromatic carbocycles. The van der Waals surface area contributed by atoms with Crippen LogP contribution in [0.15, 0.2) is 30.5 Å². The van der Waals surface area contributed by atoms with E-state index >= 15 is 0 Å². The molecule has 20 heavy (non-hydrogen) atoms. The van der Waals surface area contributed by atoms with E-state index in [4.69, 9.17) is 9.84 Å². The number of aromatic nitrogens is 2. The highest BCUT2D eigenvalue weighted by Crippen LogP contribution is 2.37. The van der Waals surface area contributed by atoms with Gasteiger partial charge >= 0.3 is 12.2 Å². The van der Waals surface area contributed by atoms with Gasteiger partial charge in [0, 0.05) is 11.8 Å². The van der Waals surface area contributed by atoms with E-state index in [0.29, 0.717) is 11.3 Å². The second-order valence-electron chi connectivity index (χ2n) is 4.02. The highest BCUT2D eigenvalue weighted by Gasteiger charge is 2.34. The molecular formula is C13H11F3N2O2. The minimum absolute atomic E-state index is 0.198. The molecule has 2 rings (SSSR count). The number of nitrogens with zero attached hydrogens (tertiary/aromatic N) is 2. The van der Waals surface area contributed by atoms with Crippen LogP contribution in [-0.2, 0) is 12.8 Å². The predicted octanol–water partition coefficient (Wildman–Crippen LogP) is 3.09. The van der Waals surface area contributed by atoms with Gasteiger partial charge in [-0.25, -0.2) is 4.98 Å². The maximum absolute atomic E-state index is 12.8. The molecule has 0 aliphatic carbocycles. The zero-order valence-electron chi connectivity index (χ0n) is 10.5. The lowest BCUT2D eigenvalue weighted by molar-refractivity contribution is -0.138. The molecule has 0 spiro atoms. The van der Waals surface area contributed by atoms with Crippen LogP contribution in [0.4, 0.5) is 13.2 Å². The van der Waals surface area contributed by atoms with Crippen LogP contribution in [0.25, 0.3) is 0 Å². The van der Waals surface area contributed by atoms with Crippen LogP contribution in [0, 0.1) is 6.92 Å². The first-order valence-corrected chi connectivity index (χ1v) is 5.69. The molecule has 1 heterocycles. The molecule has 0 aliphatic heterocycles. The van der Waals surface area contributed by atoms with E-state index in [1.807, 2.05) is 0 Å². The zero-order valence-corrected chi connectivity index (χ0v) is 10.5. The number of benzene rings is 1. The number of aliphatic hydroxyl groups is 1. The molecule has 0 bridgehead atoms. The van der Waals surface area contributed by atoms with E-state index in [0.717, 1.165) is 6.07 Å². The normalized spacial score (nSPS) is 11.4. The second kappa shape index (κ2) is 5.46. The van der Waals surface area contributed by atoms with Gasteiger partial charge in [0.05, 0.1) is 17.9 Å². The molecule has 0 saturated heterocycles. The van der Waals surface area contributed by atoms with Gasteiger partial charge in [-0.15, -0.1) is 0 Å². The fourth-order valence-corrected chi connectivity index (χ4v) is 1.56. The monoisotopic (exact) mass is 284 g/mol. The van der Waals surface area contributed by atoms with E-state index in [9.17, 15) is 13.2 Å². The Morgan fingerprint density at radius 2 is 1.95 bits per heavy atom. The van der Waals surface area contributed by atoms with Gasteiger partial charge in [0.2, 0.25) is 0 Å². The quantitative estimate of drug-likeness (QED) is 0.941. The highest BCUT2D eigenvalue weighted by atomic mass is 19.4. The summed E-state index contributed by atoms with van der Waals surface area (Å²) in [5.74, 6) is -0.365. The number of rotatable bonds is 3. The largest absolute Gasteiger partial charge is 0.424 e. The first-order chi connectivity index (χ1) is 9.41. The molecule has 4 nitrogen and oxygen atoms in total. The van der Waals surface area contributed by atoms with Crippen molar-refractivity contribution in [1.82, 2.24) is 9.97 Å². The van der Waals surface area contributed by atoms with Crippen LogP contribution in [-0.4, -0.2) is 15.1 Å². The smallest absolute Gasteiger partial charge is 0.419 e. The van der Waals surface area contributed by atoms with Gasteiger partial charge in [0.1, 0.15) is 5.75 Å². The third kappa shape index (κ3) is 3.05. The number of aliphatic hydroxyl groups excluding tert-OH is 1. The summed E-state index contributed by atoms with van der Waals surface area (Å²) in [4.78, 5) is 7.67. The number of alkyl halides is 3. The minimum atomic E-state index is -4.52. The van der Waals surface area contributed by atoms with Crippen LogP contribution in [0.3, 0.4) is 0 Å². The molecular weight excluding hydrogens is 273 g/mol. The summed E-state index contributed by atoms with van der Waals surface area (Å²) < 4.78 is 43.5. The lowest BCUT2D eigenvalue weighted by atomic mass is 10.2. The Hall–Kier alpha value is -2.15. The highest BCUT2D eigenvalue weighted by molar-refractivity contribution is 5.37. The third-order valence-electron chi connectivity index (χ3n) is 2.62. The van der Waals surface area contributed by atoms with Crippen molar-refractivity contribution in [1.29, 1.82) is 0 Å². The van der Waals surface area contributed by atoms with E-state index < -0.39 is 11.7 Å². The van der Waals surface area contributed by atoms with Gasteiger partial charge in [0.25, 0.3) is 0 Å². The van der Waals surface area contributed by atoms with Crippen LogP contribution >= 0.6 is 0 Å². The van der Waals surface area contributed by atoms with Crippen molar-refractivity contribution in [2.75, 3.05) is 0 Å². The average Bonchev–Trinajstić information content (AvgIpc) is 2.38. The average molecular weight is 284 g/mol. The number of para-hydroxylation sites is 1. The molecule has 1 N–H and O–H groups in total. The van der Waals surface area contributed by atoms with Crippen molar-refractivity contribution in [3.8, 4) is 11.8 Å². The Labute approximate surface area is 112 Å². The van der Waals surface area contributed by atoms with Crippen LogP contribution in [0.1, 0.15) is 16.8 Å². The second-order valence-corrected chi connectivity index (χ2v) is 4.02. The molecule has 7 heteroatoms. The van der Waals surface area contributed by atoms with E-state index in [1.54, 1.807) is 6.92 Å². The van der Waals surface area contributed by atoms with Gasteiger partial charge in [0.15, 0.2) is 0 Å². The van der Waals surface area contributed by atoms with Crippen molar-refractivity contribution in [3.05, 3.63) is 47.3 Å². The summed E-state index contributed by atoms with van der Waals surface area (Å²) in [6.45, 7) is 1.36. The SMILES string of the molecule is Cc1nc(Oc2ccccc2C(F)(F)F)ncc1CO. The molecule has 0 aliphatic rings. The number of aryl methyl sites for hydroxylation is 1. The molecule has 106 valence electrons. The molecule has 0 radical (unpaired) electrons. The molecule has 0 amide bonds. The lowest BCUT2D eigenvalue weighted by Crippen LogP contribution is -2.07. The molecule has 0 atom stereocenters. The maximum atomic E-state index is 12.8. The standard InChI is InChI=1S/C13H11F3N2O2/c1-8-9(7-19)6-17-12(18-8)20-11-5-3-2-4-10(11)13(14,15)16/h2-6,19H,7H2,1H3. The van der Waals surface area contributed by atoms with Crippen molar-refractivity contribution in [2.24, 2.45) is 0 Å². The molecule has 0 fully saturated rings. The summed E-state index contributed by atoms with van der Waals surface area (Å²) in [5.41, 5.74) is 0.0379. The predicted molar refractivity (Wildman–Crippen MR) is 64.2 cm³/mol. The summed E-state index contributed by atoms with van der Waals surface area (Å²) in [6.07, 6.45) is -3.20. The zero-order chi connectivity index (χ0) is 14.8. The van der Waals surface area contributed by atoms with Gasteiger partial charge in [-0.3, -0.25) is 0 Å². The van der Waals surface area contributed by atoms with Crippen LogP contribution < -0.4 is 4.74 Å². The van der Waals surface area contributed by atoms with Gasteiger partial charge in [-0.1, -0.05) is 12.1 Å². The number of hydrogen-bond donors (Lipinski definition) is 1. The molecule has 0 saturated carbocycles. The Bertz CT molecular complexity index is 615. The Balaban J connectivity index is 2.33. The van der Waals surface area contributed by atoms with Crippen molar-refractivity contribution in [2.45, 2.75) is 19.7 Å². The third-order valence-corrected chi connectivity index (χ3v) is 2.62. The summed E-state index contributed by atoms with van der Waals surface area (Å²) in [7, 11) is 0. The molecule has 0 unspecified atom stereocenters. The van der Waals surface area contributed by atoms with Crippen molar-refractivity contribution in [3.63, 3.8) is 0 Å². The molecule has 1 aromatic heterocycles. The first-order valence-electron chi connectivity index (χ1n) is 5.69. The van der Waals surface area contributed by atoms with Gasteiger partial charge in [-0.05, 0) is 19.1 Å². The summed E-state index contributed by atoms with van der Waals surface area (Å²) in [5, 5.41) is 8.98. The Kier molecular flexibility index (Phi) is 3.89. The number of ether oxygens (including phenoxy) is 1. The fraction of sp³-hybridized carbons (Fsp3) is 0.231. The minimum Gasteiger partial charge on any atom is -0.424 e. The summed E-state index contributed by atoms with van der Waals surface area (Å²) in [6, 6.07) is 4.62. The Morgan fingerprint density at radius 1 is 1.25 bits per heavy atom. The van der Waals surface area contributed by atoms with Crippen LogP contribution in [0.5, 0.6) is 11.8 Å². The van der Waals surface area contributed by atoms with Gasteiger partial charge in [-0.2, -0.15) is 18.2 Å². The van der Waals surface area contributed by atoms with Crippen molar-refractivity contribution >= 4 is 0 Å². The van der Waals surface area contributed by atoms with Gasteiger partial charge < -0.3 is 9.84 Å². The number of halogens is 3. The van der Waals surface area contributed by atoms with E-state index in [2.05, 4.69) is 9.97 Å². The van der Waals surface area contributed by atoms with E-state index in [1.165, 1.54) is 24.4 Å².